The molecule has 1 aromatic rings. The topological polar surface area (TPSA) is 123 Å². The molecule has 8 heteroatoms. The summed E-state index contributed by atoms with van der Waals surface area (Å²) in [6.45, 7) is -0.287. The first-order valence-electron chi connectivity index (χ1n) is 5.47. The predicted octanol–water partition coefficient (Wildman–Crippen LogP) is 0.936. The van der Waals surface area contributed by atoms with Crippen LogP contribution in [0.15, 0.2) is 29.4 Å². The van der Waals surface area contributed by atoms with Gasteiger partial charge in [0.05, 0.1) is 18.4 Å². The SMILES string of the molecule is CS(=O)(=O)Cc1ccccc1C(O)C(O)CN=[N+]=[N-]. The average Bonchev–Trinajstić information content (AvgIpc) is 2.34. The molecule has 7 nitrogen and oxygen atoms in total. The second kappa shape index (κ2) is 6.53. The van der Waals surface area contributed by atoms with Crippen LogP contribution in [0.2, 0.25) is 0 Å². The Morgan fingerprint density at radius 3 is 2.58 bits per heavy atom. The van der Waals surface area contributed by atoms with Gasteiger partial charge in [-0.3, -0.25) is 0 Å². The van der Waals surface area contributed by atoms with Gasteiger partial charge in [0, 0.05) is 11.2 Å². The molecule has 19 heavy (non-hydrogen) atoms. The van der Waals surface area contributed by atoms with Crippen molar-refractivity contribution in [1.82, 2.24) is 0 Å². The van der Waals surface area contributed by atoms with E-state index in [1.54, 1.807) is 18.2 Å². The summed E-state index contributed by atoms with van der Waals surface area (Å²) >= 11 is 0. The van der Waals surface area contributed by atoms with E-state index in [-0.39, 0.29) is 12.3 Å². The van der Waals surface area contributed by atoms with Gasteiger partial charge in [0.15, 0.2) is 9.84 Å². The van der Waals surface area contributed by atoms with Crippen molar-refractivity contribution in [3.63, 3.8) is 0 Å². The van der Waals surface area contributed by atoms with Gasteiger partial charge < -0.3 is 10.2 Å². The highest BCUT2D eigenvalue weighted by molar-refractivity contribution is 7.89. The molecule has 0 spiro atoms. The summed E-state index contributed by atoms with van der Waals surface area (Å²) in [5, 5.41) is 22.8. The van der Waals surface area contributed by atoms with Crippen molar-refractivity contribution in [3.8, 4) is 0 Å². The molecule has 0 saturated heterocycles. The Balaban J connectivity index is 3.02. The molecule has 0 heterocycles. The quantitative estimate of drug-likeness (QED) is 0.458. The van der Waals surface area contributed by atoms with Crippen LogP contribution in [0.5, 0.6) is 0 Å². The minimum atomic E-state index is -3.25. The standard InChI is InChI=1S/C11H15N3O4S/c1-19(17,18)7-8-4-2-3-5-9(8)11(16)10(15)6-13-14-12/h2-5,10-11,15-16H,6-7H2,1H3. The van der Waals surface area contributed by atoms with Crippen LogP contribution < -0.4 is 0 Å². The van der Waals surface area contributed by atoms with E-state index in [0.717, 1.165) is 6.26 Å². The largest absolute Gasteiger partial charge is 0.390 e. The summed E-state index contributed by atoms with van der Waals surface area (Å²) in [6.07, 6.45) is -1.49. The van der Waals surface area contributed by atoms with E-state index in [9.17, 15) is 18.6 Å². The third kappa shape index (κ3) is 4.88. The number of azide groups is 1. The lowest BCUT2D eigenvalue weighted by Crippen LogP contribution is -2.22. The summed E-state index contributed by atoms with van der Waals surface area (Å²) in [4.78, 5) is 2.49. The van der Waals surface area contributed by atoms with Gasteiger partial charge in [0.2, 0.25) is 0 Å². The van der Waals surface area contributed by atoms with Crippen LogP contribution in [0.3, 0.4) is 0 Å². The summed E-state index contributed by atoms with van der Waals surface area (Å²) in [6, 6.07) is 6.38. The Hall–Kier alpha value is -1.60. The first-order chi connectivity index (χ1) is 8.85. The molecule has 104 valence electrons. The minimum Gasteiger partial charge on any atom is -0.390 e. The van der Waals surface area contributed by atoms with E-state index in [1.165, 1.54) is 6.07 Å². The van der Waals surface area contributed by atoms with Gasteiger partial charge in [-0.25, -0.2) is 8.42 Å². The lowest BCUT2D eigenvalue weighted by Gasteiger charge is -2.19. The Morgan fingerprint density at radius 1 is 1.37 bits per heavy atom. The van der Waals surface area contributed by atoms with Gasteiger partial charge in [-0.15, -0.1) is 0 Å². The van der Waals surface area contributed by atoms with Gasteiger partial charge in [0.25, 0.3) is 0 Å². The third-order valence-electron chi connectivity index (χ3n) is 2.49. The number of aliphatic hydroxyl groups excluding tert-OH is 2. The Kier molecular flexibility index (Phi) is 5.31. The molecule has 2 unspecified atom stereocenters. The number of benzene rings is 1. The minimum absolute atomic E-state index is 0.228. The Labute approximate surface area is 111 Å². The van der Waals surface area contributed by atoms with Crippen molar-refractivity contribution in [1.29, 1.82) is 0 Å². The highest BCUT2D eigenvalue weighted by Crippen LogP contribution is 2.23. The molecule has 0 radical (unpaired) electrons. The molecule has 2 N–H and O–H groups in total. The van der Waals surface area contributed by atoms with E-state index in [2.05, 4.69) is 10.0 Å². The Morgan fingerprint density at radius 2 is 2.00 bits per heavy atom. The molecule has 0 bridgehead atoms. The summed E-state index contributed by atoms with van der Waals surface area (Å²) in [5.41, 5.74) is 8.89. The molecule has 1 aromatic carbocycles. The van der Waals surface area contributed by atoms with Crippen LogP contribution in [0, 0.1) is 0 Å². The van der Waals surface area contributed by atoms with Gasteiger partial charge in [-0.2, -0.15) is 0 Å². The normalized spacial score (nSPS) is 14.5. The maximum Gasteiger partial charge on any atom is 0.151 e. The third-order valence-corrected chi connectivity index (χ3v) is 3.32. The molecule has 0 saturated carbocycles. The summed E-state index contributed by atoms with van der Waals surface area (Å²) in [7, 11) is -3.25. The molecule has 0 aliphatic carbocycles. The maximum atomic E-state index is 11.3. The van der Waals surface area contributed by atoms with E-state index in [1.807, 2.05) is 0 Å². The van der Waals surface area contributed by atoms with Crippen molar-refractivity contribution >= 4 is 9.84 Å². The molecule has 2 atom stereocenters. The number of sulfone groups is 1. The van der Waals surface area contributed by atoms with Crippen molar-refractivity contribution in [2.24, 2.45) is 5.11 Å². The van der Waals surface area contributed by atoms with Gasteiger partial charge in [-0.05, 0) is 16.7 Å². The molecule has 0 aliphatic heterocycles. The first kappa shape index (κ1) is 15.5. The fraction of sp³-hybridized carbons (Fsp3) is 0.455. The molecule has 0 amide bonds. The molecule has 0 fully saturated rings. The summed E-state index contributed by atoms with van der Waals surface area (Å²) < 4.78 is 22.6. The van der Waals surface area contributed by atoms with Gasteiger partial charge in [0.1, 0.15) is 6.10 Å². The molecule has 1 rings (SSSR count). The van der Waals surface area contributed by atoms with Crippen LogP contribution >= 0.6 is 0 Å². The molecular weight excluding hydrogens is 270 g/mol. The van der Waals surface area contributed by atoms with E-state index < -0.39 is 22.0 Å². The Bertz CT molecular complexity index is 581. The number of rotatable bonds is 6. The molecule has 0 aliphatic rings. The van der Waals surface area contributed by atoms with Crippen molar-refractivity contribution in [2.45, 2.75) is 18.0 Å². The predicted molar refractivity (Wildman–Crippen MR) is 70.0 cm³/mol. The fourth-order valence-corrected chi connectivity index (χ4v) is 2.49. The van der Waals surface area contributed by atoms with E-state index in [0.29, 0.717) is 11.1 Å². The lowest BCUT2D eigenvalue weighted by atomic mass is 9.99. The zero-order valence-electron chi connectivity index (χ0n) is 10.3. The smallest absolute Gasteiger partial charge is 0.151 e. The number of hydrogen-bond donors (Lipinski definition) is 2. The number of hydrogen-bond acceptors (Lipinski definition) is 5. The highest BCUT2D eigenvalue weighted by atomic mass is 32.2. The monoisotopic (exact) mass is 285 g/mol. The maximum absolute atomic E-state index is 11.3. The summed E-state index contributed by atoms with van der Waals surface area (Å²) in [5.74, 6) is -0.228. The second-order valence-electron chi connectivity index (χ2n) is 4.19. The average molecular weight is 285 g/mol. The molecule has 0 aromatic heterocycles. The number of aliphatic hydroxyl groups is 2. The van der Waals surface area contributed by atoms with Crippen molar-refractivity contribution in [2.75, 3.05) is 12.8 Å². The highest BCUT2D eigenvalue weighted by Gasteiger charge is 2.21. The van der Waals surface area contributed by atoms with Crippen LogP contribution in [-0.4, -0.2) is 37.5 Å². The van der Waals surface area contributed by atoms with Crippen LogP contribution in [0.1, 0.15) is 17.2 Å². The molecular formula is C11H15N3O4S. The van der Waals surface area contributed by atoms with E-state index in [4.69, 9.17) is 5.53 Å². The van der Waals surface area contributed by atoms with E-state index >= 15 is 0 Å². The second-order valence-corrected chi connectivity index (χ2v) is 6.33. The van der Waals surface area contributed by atoms with Crippen LogP contribution in [-0.2, 0) is 15.6 Å². The van der Waals surface area contributed by atoms with Gasteiger partial charge >= 0.3 is 0 Å². The fourth-order valence-electron chi connectivity index (χ4n) is 1.66. The van der Waals surface area contributed by atoms with Crippen LogP contribution in [0.25, 0.3) is 10.4 Å². The van der Waals surface area contributed by atoms with Crippen molar-refractivity contribution in [3.05, 3.63) is 45.8 Å². The van der Waals surface area contributed by atoms with Crippen LogP contribution in [0.4, 0.5) is 0 Å². The first-order valence-corrected chi connectivity index (χ1v) is 7.53. The zero-order valence-corrected chi connectivity index (χ0v) is 11.2. The van der Waals surface area contributed by atoms with Crippen molar-refractivity contribution < 1.29 is 18.6 Å². The number of nitrogens with zero attached hydrogens (tertiary/aromatic N) is 3. The van der Waals surface area contributed by atoms with Gasteiger partial charge in [-0.1, -0.05) is 29.4 Å². The lowest BCUT2D eigenvalue weighted by molar-refractivity contribution is 0.0240. The zero-order chi connectivity index (χ0) is 14.5.